The molecule has 0 fully saturated rings. The second-order valence-electron chi connectivity index (χ2n) is 6.72. The van der Waals surface area contributed by atoms with E-state index in [0.717, 1.165) is 27.8 Å². The van der Waals surface area contributed by atoms with E-state index in [1.165, 1.54) is 13.2 Å². The molecule has 0 heterocycles. The highest BCUT2D eigenvalue weighted by Crippen LogP contribution is 2.49. The molecule has 2 aromatic rings. The molecule has 0 saturated carbocycles. The minimum atomic E-state index is -0.567. The highest BCUT2D eigenvalue weighted by atomic mass is 16.5. The predicted octanol–water partition coefficient (Wildman–Crippen LogP) is 4.18. The average Bonchev–Trinajstić information content (AvgIpc) is 2.65. The molecule has 0 N–H and O–H groups in total. The summed E-state index contributed by atoms with van der Waals surface area (Å²) in [6, 6.07) is 16.2. The van der Waals surface area contributed by atoms with Crippen LogP contribution >= 0.6 is 0 Å². The Morgan fingerprint density at radius 3 is 2.65 bits per heavy atom. The zero-order valence-corrected chi connectivity index (χ0v) is 15.2. The molecule has 1 atom stereocenters. The second-order valence-corrected chi connectivity index (χ2v) is 6.72. The fourth-order valence-electron chi connectivity index (χ4n) is 3.34. The topological polar surface area (TPSA) is 59.3 Å². The number of esters is 1. The van der Waals surface area contributed by atoms with Crippen molar-refractivity contribution in [3.8, 4) is 11.8 Å². The molecule has 4 heteroatoms. The normalized spacial score (nSPS) is 18.3. The quantitative estimate of drug-likeness (QED) is 0.601. The van der Waals surface area contributed by atoms with Crippen molar-refractivity contribution in [3.63, 3.8) is 0 Å². The Bertz CT molecular complexity index is 909. The SMILES string of the molecule is COC(=O)/C=C(\C)c1ccc2c(c1OCc1ccccc1)C(C)(C#N)C2. The van der Waals surface area contributed by atoms with Crippen LogP contribution in [0.25, 0.3) is 5.57 Å². The van der Waals surface area contributed by atoms with Crippen LogP contribution in [0.2, 0.25) is 0 Å². The van der Waals surface area contributed by atoms with Gasteiger partial charge in [-0.3, -0.25) is 0 Å². The number of hydrogen-bond donors (Lipinski definition) is 0. The van der Waals surface area contributed by atoms with Crippen molar-refractivity contribution in [1.82, 2.24) is 0 Å². The Balaban J connectivity index is 2.04. The van der Waals surface area contributed by atoms with Gasteiger partial charge in [-0.15, -0.1) is 0 Å². The van der Waals surface area contributed by atoms with Crippen molar-refractivity contribution >= 4 is 11.5 Å². The Hall–Kier alpha value is -3.06. The molecule has 132 valence electrons. The van der Waals surface area contributed by atoms with Crippen LogP contribution in [-0.2, 0) is 28.0 Å². The Labute approximate surface area is 153 Å². The molecule has 0 spiro atoms. The Morgan fingerprint density at radius 1 is 1.27 bits per heavy atom. The minimum Gasteiger partial charge on any atom is -0.488 e. The summed E-state index contributed by atoms with van der Waals surface area (Å²) in [6.07, 6.45) is 2.15. The highest BCUT2D eigenvalue weighted by molar-refractivity contribution is 5.92. The first-order chi connectivity index (χ1) is 12.5. The number of carbonyl (C=O) groups excluding carboxylic acids is 1. The van der Waals surface area contributed by atoms with E-state index < -0.39 is 11.4 Å². The van der Waals surface area contributed by atoms with Crippen LogP contribution in [0, 0.1) is 11.3 Å². The van der Waals surface area contributed by atoms with E-state index in [-0.39, 0.29) is 0 Å². The number of ether oxygens (including phenoxy) is 2. The summed E-state index contributed by atoms with van der Waals surface area (Å²) in [4.78, 5) is 11.6. The lowest BCUT2D eigenvalue weighted by atomic mass is 9.65. The maximum Gasteiger partial charge on any atom is 0.330 e. The highest BCUT2D eigenvalue weighted by Gasteiger charge is 2.42. The van der Waals surface area contributed by atoms with Crippen molar-refractivity contribution in [2.75, 3.05) is 7.11 Å². The first-order valence-electron chi connectivity index (χ1n) is 8.49. The van der Waals surface area contributed by atoms with Crippen LogP contribution in [0.3, 0.4) is 0 Å². The lowest BCUT2D eigenvalue weighted by Crippen LogP contribution is -2.35. The molecular weight excluding hydrogens is 326 g/mol. The number of fused-ring (bicyclic) bond motifs is 1. The fraction of sp³-hybridized carbons (Fsp3) is 0.273. The zero-order chi connectivity index (χ0) is 18.7. The largest absolute Gasteiger partial charge is 0.488 e. The van der Waals surface area contributed by atoms with Gasteiger partial charge in [-0.2, -0.15) is 5.26 Å². The number of rotatable bonds is 5. The van der Waals surface area contributed by atoms with E-state index in [1.807, 2.05) is 56.3 Å². The van der Waals surface area contributed by atoms with Gasteiger partial charge in [0.2, 0.25) is 0 Å². The lowest BCUT2D eigenvalue weighted by molar-refractivity contribution is -0.134. The number of allylic oxidation sites excluding steroid dienone is 1. The molecule has 3 rings (SSSR count). The van der Waals surface area contributed by atoms with Crippen molar-refractivity contribution in [2.24, 2.45) is 0 Å². The summed E-state index contributed by atoms with van der Waals surface area (Å²) < 4.78 is 10.9. The molecule has 1 aliphatic rings. The predicted molar refractivity (Wildman–Crippen MR) is 99.6 cm³/mol. The standard InChI is InChI=1S/C22H21NO3/c1-15(11-19(24)25-3)18-10-9-17-12-22(2,14-23)20(17)21(18)26-13-16-7-5-4-6-8-16/h4-11H,12-13H2,1-3H3/b15-11+. The number of nitriles is 1. The molecule has 2 aromatic carbocycles. The number of benzene rings is 2. The Morgan fingerprint density at radius 2 is 2.00 bits per heavy atom. The van der Waals surface area contributed by atoms with E-state index in [4.69, 9.17) is 9.47 Å². The maximum absolute atomic E-state index is 11.6. The zero-order valence-electron chi connectivity index (χ0n) is 15.2. The van der Waals surface area contributed by atoms with Crippen LogP contribution in [0.1, 0.15) is 36.1 Å². The number of hydrogen-bond acceptors (Lipinski definition) is 4. The summed E-state index contributed by atoms with van der Waals surface area (Å²) in [5.74, 6) is 0.265. The van der Waals surface area contributed by atoms with Crippen LogP contribution in [0.4, 0.5) is 0 Å². The first kappa shape index (κ1) is 17.8. The molecule has 0 radical (unpaired) electrons. The molecule has 0 aromatic heterocycles. The summed E-state index contributed by atoms with van der Waals surface area (Å²) in [5.41, 5.74) is 4.07. The molecule has 0 amide bonds. The van der Waals surface area contributed by atoms with E-state index in [2.05, 4.69) is 6.07 Å². The summed E-state index contributed by atoms with van der Waals surface area (Å²) in [5, 5.41) is 9.62. The van der Waals surface area contributed by atoms with Gasteiger partial charge >= 0.3 is 5.97 Å². The van der Waals surface area contributed by atoms with E-state index in [0.29, 0.717) is 18.8 Å². The van der Waals surface area contributed by atoms with E-state index in [9.17, 15) is 10.1 Å². The fourth-order valence-corrected chi connectivity index (χ4v) is 3.34. The summed E-state index contributed by atoms with van der Waals surface area (Å²) in [6.45, 7) is 4.17. The van der Waals surface area contributed by atoms with Gasteiger partial charge in [-0.1, -0.05) is 42.5 Å². The minimum absolute atomic E-state index is 0.400. The van der Waals surface area contributed by atoms with Gasteiger partial charge in [-0.05, 0) is 37.0 Å². The molecule has 1 unspecified atom stereocenters. The van der Waals surface area contributed by atoms with Gasteiger partial charge < -0.3 is 9.47 Å². The molecule has 0 aliphatic heterocycles. The lowest BCUT2D eigenvalue weighted by Gasteiger charge is -2.37. The third kappa shape index (κ3) is 3.21. The van der Waals surface area contributed by atoms with E-state index in [1.54, 1.807) is 0 Å². The first-order valence-corrected chi connectivity index (χ1v) is 8.49. The number of carbonyl (C=O) groups is 1. The second kappa shape index (κ2) is 7.05. The molecule has 4 nitrogen and oxygen atoms in total. The molecule has 0 saturated heterocycles. The van der Waals surface area contributed by atoms with Crippen molar-refractivity contribution < 1.29 is 14.3 Å². The van der Waals surface area contributed by atoms with Crippen LogP contribution in [0.5, 0.6) is 5.75 Å². The molecule has 0 bridgehead atoms. The maximum atomic E-state index is 11.6. The van der Waals surface area contributed by atoms with Crippen LogP contribution in [0.15, 0.2) is 48.5 Å². The van der Waals surface area contributed by atoms with Gasteiger partial charge in [0.15, 0.2) is 0 Å². The Kier molecular flexibility index (Phi) is 4.81. The average molecular weight is 347 g/mol. The van der Waals surface area contributed by atoms with Crippen molar-refractivity contribution in [3.05, 3.63) is 70.8 Å². The van der Waals surface area contributed by atoms with Crippen LogP contribution in [-0.4, -0.2) is 13.1 Å². The number of nitrogens with zero attached hydrogens (tertiary/aromatic N) is 1. The van der Waals surface area contributed by atoms with Gasteiger partial charge in [0, 0.05) is 17.2 Å². The van der Waals surface area contributed by atoms with Crippen LogP contribution < -0.4 is 4.74 Å². The molecule has 1 aliphatic carbocycles. The van der Waals surface area contributed by atoms with E-state index >= 15 is 0 Å². The summed E-state index contributed by atoms with van der Waals surface area (Å²) >= 11 is 0. The van der Waals surface area contributed by atoms with Crippen molar-refractivity contribution in [2.45, 2.75) is 32.3 Å². The third-order valence-electron chi connectivity index (χ3n) is 4.77. The van der Waals surface area contributed by atoms with Gasteiger partial charge in [0.1, 0.15) is 12.4 Å². The third-order valence-corrected chi connectivity index (χ3v) is 4.77. The molecule has 26 heavy (non-hydrogen) atoms. The van der Waals surface area contributed by atoms with Crippen molar-refractivity contribution in [1.29, 1.82) is 5.26 Å². The smallest absolute Gasteiger partial charge is 0.330 e. The number of methoxy groups -OCH3 is 1. The van der Waals surface area contributed by atoms with Gasteiger partial charge in [0.05, 0.1) is 18.6 Å². The summed E-state index contributed by atoms with van der Waals surface area (Å²) in [7, 11) is 1.35. The molecular formula is C22H21NO3. The van der Waals surface area contributed by atoms with Gasteiger partial charge in [-0.25, -0.2) is 4.79 Å². The van der Waals surface area contributed by atoms with Gasteiger partial charge in [0.25, 0.3) is 0 Å². The monoisotopic (exact) mass is 347 g/mol.